The van der Waals surface area contributed by atoms with E-state index in [0.29, 0.717) is 12.1 Å². The second-order valence-corrected chi connectivity index (χ2v) is 9.47. The number of carbonyl (C=O) groups excluding carboxylic acids is 4. The zero-order valence-electron chi connectivity index (χ0n) is 19.8. The lowest BCUT2D eigenvalue weighted by atomic mass is 9.78. The molecule has 2 aromatic rings. The molecule has 0 unspecified atom stereocenters. The molecule has 7 heteroatoms. The summed E-state index contributed by atoms with van der Waals surface area (Å²) < 4.78 is 5.62. The molecule has 4 atom stereocenters. The van der Waals surface area contributed by atoms with Crippen LogP contribution in [0.15, 0.2) is 60.7 Å². The predicted molar refractivity (Wildman–Crippen MR) is 131 cm³/mol. The van der Waals surface area contributed by atoms with E-state index in [4.69, 9.17) is 4.74 Å². The maximum absolute atomic E-state index is 13.1. The summed E-state index contributed by atoms with van der Waals surface area (Å²) in [6, 6.07) is 14.2. The van der Waals surface area contributed by atoms with Crippen LogP contribution in [0.1, 0.15) is 32.3 Å². The number of benzene rings is 2. The molecule has 3 aliphatic rings. The molecule has 0 N–H and O–H groups in total. The minimum absolute atomic E-state index is 0.00287. The van der Waals surface area contributed by atoms with Crippen LogP contribution in [0, 0.1) is 23.7 Å². The van der Waals surface area contributed by atoms with Gasteiger partial charge in [0.1, 0.15) is 5.75 Å². The summed E-state index contributed by atoms with van der Waals surface area (Å²) in [6.45, 7) is 4.23. The van der Waals surface area contributed by atoms with E-state index in [1.807, 2.05) is 50.3 Å². The molecule has 0 saturated carbocycles. The molecule has 2 aromatic carbocycles. The average Bonchev–Trinajstić information content (AvgIpc) is 3.37. The number of para-hydroxylation sites is 1. The standard InChI is InChI=1S/C28H28N2O5/c1-3-18-9-4-5-13-23(18)29-16-19(14-24(29)31)28(34)35-21-11-7-10-20(15-21)30-26(32)22-12-6-8-17(2)25(22)27(30)33/h4-11,13,15,17,19,22,25H,3,12,14,16H2,1-2H3/t17-,19-,22-,25-/m1/s1. The Hall–Kier alpha value is -3.74. The fourth-order valence-corrected chi connectivity index (χ4v) is 5.46. The van der Waals surface area contributed by atoms with E-state index in [1.54, 1.807) is 29.2 Å². The largest absolute Gasteiger partial charge is 0.426 e. The van der Waals surface area contributed by atoms with E-state index in [-0.39, 0.29) is 54.2 Å². The molecule has 0 spiro atoms. The number of hydrogen-bond donors (Lipinski definition) is 0. The molecule has 1 aliphatic carbocycles. The molecule has 35 heavy (non-hydrogen) atoms. The van der Waals surface area contributed by atoms with Gasteiger partial charge in [-0.15, -0.1) is 0 Å². The Balaban J connectivity index is 1.31. The molecule has 0 radical (unpaired) electrons. The van der Waals surface area contributed by atoms with Crippen molar-refractivity contribution in [2.75, 3.05) is 16.3 Å². The second kappa shape index (κ2) is 9.13. The van der Waals surface area contributed by atoms with Gasteiger partial charge in [-0.05, 0) is 42.5 Å². The van der Waals surface area contributed by atoms with Crippen LogP contribution in [-0.2, 0) is 25.6 Å². The van der Waals surface area contributed by atoms with Crippen molar-refractivity contribution in [3.63, 3.8) is 0 Å². The highest BCUT2D eigenvalue weighted by molar-refractivity contribution is 6.22. The van der Waals surface area contributed by atoms with Crippen LogP contribution in [0.5, 0.6) is 5.75 Å². The molecular weight excluding hydrogens is 444 g/mol. The number of amides is 3. The van der Waals surface area contributed by atoms with Gasteiger partial charge in [0.05, 0.1) is 23.4 Å². The van der Waals surface area contributed by atoms with E-state index in [1.165, 1.54) is 4.90 Å². The van der Waals surface area contributed by atoms with Gasteiger partial charge in [0, 0.05) is 24.7 Å². The van der Waals surface area contributed by atoms with E-state index >= 15 is 0 Å². The summed E-state index contributed by atoms with van der Waals surface area (Å²) in [4.78, 5) is 54.6. The summed E-state index contributed by atoms with van der Waals surface area (Å²) >= 11 is 0. The van der Waals surface area contributed by atoms with Crippen molar-refractivity contribution in [1.82, 2.24) is 0 Å². The van der Waals surface area contributed by atoms with Crippen molar-refractivity contribution in [3.8, 4) is 5.75 Å². The fourth-order valence-electron chi connectivity index (χ4n) is 5.46. The number of ether oxygens (including phenoxy) is 1. The summed E-state index contributed by atoms with van der Waals surface area (Å²) in [6.07, 6.45) is 5.36. The van der Waals surface area contributed by atoms with Crippen molar-refractivity contribution in [1.29, 1.82) is 0 Å². The Morgan fingerprint density at radius 2 is 1.86 bits per heavy atom. The molecular formula is C28H28N2O5. The Kier molecular flexibility index (Phi) is 6.01. The van der Waals surface area contributed by atoms with E-state index in [2.05, 4.69) is 0 Å². The van der Waals surface area contributed by atoms with Gasteiger partial charge in [0.15, 0.2) is 0 Å². The first-order valence-electron chi connectivity index (χ1n) is 12.1. The van der Waals surface area contributed by atoms with Gasteiger partial charge in [-0.25, -0.2) is 4.90 Å². The van der Waals surface area contributed by atoms with Gasteiger partial charge in [0.25, 0.3) is 0 Å². The predicted octanol–water partition coefficient (Wildman–Crippen LogP) is 3.91. The minimum atomic E-state index is -0.596. The third-order valence-electron chi connectivity index (χ3n) is 7.29. The van der Waals surface area contributed by atoms with Crippen LogP contribution >= 0.6 is 0 Å². The van der Waals surface area contributed by atoms with E-state index in [9.17, 15) is 19.2 Å². The van der Waals surface area contributed by atoms with Gasteiger partial charge in [-0.2, -0.15) is 0 Å². The van der Waals surface area contributed by atoms with Crippen LogP contribution in [0.4, 0.5) is 11.4 Å². The van der Waals surface area contributed by atoms with Crippen molar-refractivity contribution < 1.29 is 23.9 Å². The summed E-state index contributed by atoms with van der Waals surface area (Å²) in [7, 11) is 0. The van der Waals surface area contributed by atoms with Crippen LogP contribution in [0.3, 0.4) is 0 Å². The Bertz CT molecular complexity index is 1240. The lowest BCUT2D eigenvalue weighted by molar-refractivity contribution is -0.139. The van der Waals surface area contributed by atoms with Crippen molar-refractivity contribution >= 4 is 35.1 Å². The first kappa shape index (κ1) is 23.0. The number of esters is 1. The third-order valence-corrected chi connectivity index (χ3v) is 7.29. The van der Waals surface area contributed by atoms with Crippen molar-refractivity contribution in [3.05, 3.63) is 66.2 Å². The average molecular weight is 473 g/mol. The van der Waals surface area contributed by atoms with Gasteiger partial charge >= 0.3 is 5.97 Å². The quantitative estimate of drug-likeness (QED) is 0.285. The molecule has 2 aliphatic heterocycles. The fraction of sp³-hybridized carbons (Fsp3) is 0.357. The number of carbonyl (C=O) groups is 4. The summed E-state index contributed by atoms with van der Waals surface area (Å²) in [5.41, 5.74) is 2.27. The minimum Gasteiger partial charge on any atom is -0.426 e. The number of nitrogens with zero attached hydrogens (tertiary/aromatic N) is 2. The summed E-state index contributed by atoms with van der Waals surface area (Å²) in [5.74, 6) is -2.11. The number of hydrogen-bond acceptors (Lipinski definition) is 5. The van der Waals surface area contributed by atoms with Crippen LogP contribution < -0.4 is 14.5 Å². The maximum atomic E-state index is 13.1. The highest BCUT2D eigenvalue weighted by atomic mass is 16.5. The molecule has 3 amide bonds. The smallest absolute Gasteiger partial charge is 0.316 e. The van der Waals surface area contributed by atoms with Gasteiger partial charge in [-0.1, -0.05) is 50.3 Å². The first-order chi connectivity index (χ1) is 16.9. The van der Waals surface area contributed by atoms with Crippen LogP contribution in [-0.4, -0.2) is 30.2 Å². The molecule has 5 rings (SSSR count). The monoisotopic (exact) mass is 472 g/mol. The highest BCUT2D eigenvalue weighted by Gasteiger charge is 2.50. The highest BCUT2D eigenvalue weighted by Crippen LogP contribution is 2.41. The molecule has 2 heterocycles. The topological polar surface area (TPSA) is 84.0 Å². The zero-order valence-corrected chi connectivity index (χ0v) is 19.8. The van der Waals surface area contributed by atoms with E-state index < -0.39 is 11.9 Å². The molecule has 0 aromatic heterocycles. The van der Waals surface area contributed by atoms with Crippen molar-refractivity contribution in [2.45, 2.75) is 33.1 Å². The Morgan fingerprint density at radius 3 is 2.63 bits per heavy atom. The number of imide groups is 1. The third kappa shape index (κ3) is 4.05. The van der Waals surface area contributed by atoms with Gasteiger partial charge in [0.2, 0.25) is 17.7 Å². The molecule has 2 saturated heterocycles. The molecule has 7 nitrogen and oxygen atoms in total. The zero-order chi connectivity index (χ0) is 24.7. The van der Waals surface area contributed by atoms with Crippen molar-refractivity contribution in [2.24, 2.45) is 23.7 Å². The molecule has 2 fully saturated rings. The van der Waals surface area contributed by atoms with Gasteiger partial charge in [-0.3, -0.25) is 19.2 Å². The normalized spacial score (nSPS) is 25.8. The van der Waals surface area contributed by atoms with Crippen LogP contribution in [0.2, 0.25) is 0 Å². The van der Waals surface area contributed by atoms with Gasteiger partial charge < -0.3 is 9.64 Å². The maximum Gasteiger partial charge on any atom is 0.316 e. The number of allylic oxidation sites excluding steroid dienone is 2. The lowest BCUT2D eigenvalue weighted by Gasteiger charge is -2.22. The SMILES string of the molecule is CCc1ccccc1N1C[C@H](C(=O)Oc2cccc(N3C(=O)[C@@H]4[C@H](C)C=CC[C@H]4C3=O)c2)CC1=O. The molecule has 0 bridgehead atoms. The summed E-state index contributed by atoms with van der Waals surface area (Å²) in [5, 5.41) is 0. The second-order valence-electron chi connectivity index (χ2n) is 9.47. The number of anilines is 2. The van der Waals surface area contributed by atoms with Crippen LogP contribution in [0.25, 0.3) is 0 Å². The number of aryl methyl sites for hydroxylation is 1. The number of fused-ring (bicyclic) bond motifs is 1. The first-order valence-corrected chi connectivity index (χ1v) is 12.1. The number of rotatable bonds is 5. The van der Waals surface area contributed by atoms with E-state index in [0.717, 1.165) is 17.7 Å². The Labute approximate surface area is 204 Å². The Morgan fingerprint density at radius 1 is 1.06 bits per heavy atom. The molecule has 180 valence electrons. The lowest BCUT2D eigenvalue weighted by Crippen LogP contribution is -2.31.